The zero-order valence-electron chi connectivity index (χ0n) is 11.9. The Kier molecular flexibility index (Phi) is 4.41. The van der Waals surface area contributed by atoms with Crippen LogP contribution in [0.4, 0.5) is 0 Å². The summed E-state index contributed by atoms with van der Waals surface area (Å²) >= 11 is 1.76. The highest BCUT2D eigenvalue weighted by atomic mass is 32.1. The summed E-state index contributed by atoms with van der Waals surface area (Å²) < 4.78 is 0. The van der Waals surface area contributed by atoms with E-state index >= 15 is 0 Å². The van der Waals surface area contributed by atoms with Crippen LogP contribution in [0.3, 0.4) is 0 Å². The Morgan fingerprint density at radius 3 is 2.94 bits per heavy atom. The van der Waals surface area contributed by atoms with Crippen molar-refractivity contribution >= 4 is 11.3 Å². The van der Waals surface area contributed by atoms with Crippen molar-refractivity contribution in [3.63, 3.8) is 0 Å². The van der Waals surface area contributed by atoms with Crippen LogP contribution >= 0.6 is 11.3 Å². The van der Waals surface area contributed by atoms with Gasteiger partial charge in [0.1, 0.15) is 0 Å². The molecular weight excluding hydrogens is 242 g/mol. The lowest BCUT2D eigenvalue weighted by Crippen LogP contribution is -2.61. The summed E-state index contributed by atoms with van der Waals surface area (Å²) in [5, 5.41) is 3.67. The van der Waals surface area contributed by atoms with Gasteiger partial charge in [-0.25, -0.2) is 0 Å². The maximum Gasteiger partial charge on any atom is 0.0794 e. The molecule has 1 N–H and O–H groups in total. The van der Waals surface area contributed by atoms with E-state index in [0.717, 1.165) is 25.6 Å². The second-order valence-corrected chi connectivity index (χ2v) is 7.39. The second kappa shape index (κ2) is 5.68. The molecule has 0 amide bonds. The van der Waals surface area contributed by atoms with Crippen LogP contribution in [-0.4, -0.2) is 34.6 Å². The average Bonchev–Trinajstić information content (AvgIpc) is 2.74. The second-order valence-electron chi connectivity index (χ2n) is 6.42. The van der Waals surface area contributed by atoms with E-state index in [1.165, 1.54) is 11.3 Å². The molecule has 0 saturated carbocycles. The molecule has 1 aromatic rings. The molecular formula is C14H25N3S. The number of hydrogen-bond acceptors (Lipinski definition) is 4. The monoisotopic (exact) mass is 267 g/mol. The predicted molar refractivity (Wildman–Crippen MR) is 77.8 cm³/mol. The third kappa shape index (κ3) is 3.77. The molecule has 18 heavy (non-hydrogen) atoms. The van der Waals surface area contributed by atoms with E-state index in [1.54, 1.807) is 11.3 Å². The van der Waals surface area contributed by atoms with Gasteiger partial charge in [0.05, 0.1) is 5.51 Å². The van der Waals surface area contributed by atoms with E-state index in [0.29, 0.717) is 6.04 Å². The number of nitrogens with one attached hydrogen (secondary N) is 1. The first-order chi connectivity index (χ1) is 8.46. The molecule has 3 nitrogen and oxygen atoms in total. The third-order valence-electron chi connectivity index (χ3n) is 3.52. The minimum Gasteiger partial charge on any atom is -0.309 e. The number of thiazole rings is 1. The molecule has 1 unspecified atom stereocenters. The molecule has 2 rings (SSSR count). The van der Waals surface area contributed by atoms with Gasteiger partial charge in [0.2, 0.25) is 0 Å². The zero-order chi connectivity index (χ0) is 13.2. The van der Waals surface area contributed by atoms with Gasteiger partial charge >= 0.3 is 0 Å². The third-order valence-corrected chi connectivity index (χ3v) is 4.28. The van der Waals surface area contributed by atoms with Crippen molar-refractivity contribution in [2.24, 2.45) is 5.92 Å². The summed E-state index contributed by atoms with van der Waals surface area (Å²) in [6.07, 6.45) is 3.27. The normalized spacial score (nSPS) is 24.6. The van der Waals surface area contributed by atoms with Crippen molar-refractivity contribution < 1.29 is 0 Å². The van der Waals surface area contributed by atoms with Crippen LogP contribution in [0.1, 0.15) is 39.0 Å². The van der Waals surface area contributed by atoms with Crippen molar-refractivity contribution in [3.8, 4) is 0 Å². The van der Waals surface area contributed by atoms with Crippen LogP contribution in [0.25, 0.3) is 0 Å². The van der Waals surface area contributed by atoms with Crippen LogP contribution in [0.15, 0.2) is 11.7 Å². The van der Waals surface area contributed by atoms with Crippen molar-refractivity contribution in [2.45, 2.75) is 52.2 Å². The first kappa shape index (κ1) is 14.0. The van der Waals surface area contributed by atoms with Gasteiger partial charge in [0, 0.05) is 42.3 Å². The van der Waals surface area contributed by atoms with Crippen molar-refractivity contribution in [1.29, 1.82) is 0 Å². The number of aromatic nitrogens is 1. The molecule has 1 saturated heterocycles. The fourth-order valence-corrected chi connectivity index (χ4v) is 3.32. The molecule has 1 fully saturated rings. The topological polar surface area (TPSA) is 28.2 Å². The lowest BCUT2D eigenvalue weighted by molar-refractivity contribution is 0.0768. The van der Waals surface area contributed by atoms with E-state index in [9.17, 15) is 0 Å². The number of hydrogen-bond donors (Lipinski definition) is 1. The van der Waals surface area contributed by atoms with E-state index in [4.69, 9.17) is 0 Å². The van der Waals surface area contributed by atoms with Gasteiger partial charge in [0.25, 0.3) is 0 Å². The van der Waals surface area contributed by atoms with Gasteiger partial charge in [-0.2, -0.15) is 0 Å². The minimum atomic E-state index is 0.220. The number of piperazine rings is 1. The molecule has 1 atom stereocenters. The minimum absolute atomic E-state index is 0.220. The molecule has 102 valence electrons. The summed E-state index contributed by atoms with van der Waals surface area (Å²) in [5.74, 6) is 0.752. The maximum atomic E-state index is 4.19. The molecule has 1 aromatic heterocycles. The SMILES string of the molecule is CC(C)CC1CNC(C)(C)CN1Cc1cncs1. The highest BCUT2D eigenvalue weighted by molar-refractivity contribution is 7.09. The van der Waals surface area contributed by atoms with Gasteiger partial charge in [-0.05, 0) is 26.2 Å². The fourth-order valence-electron chi connectivity index (χ4n) is 2.70. The zero-order valence-corrected chi connectivity index (χ0v) is 12.8. The van der Waals surface area contributed by atoms with E-state index < -0.39 is 0 Å². The highest BCUT2D eigenvalue weighted by Crippen LogP contribution is 2.23. The maximum absolute atomic E-state index is 4.19. The molecule has 0 aromatic carbocycles. The molecule has 0 radical (unpaired) electrons. The van der Waals surface area contributed by atoms with Crippen LogP contribution in [0.5, 0.6) is 0 Å². The molecule has 4 heteroatoms. The van der Waals surface area contributed by atoms with Crippen LogP contribution in [-0.2, 0) is 6.54 Å². The average molecular weight is 267 g/mol. The molecule has 0 spiro atoms. The fraction of sp³-hybridized carbons (Fsp3) is 0.786. The van der Waals surface area contributed by atoms with Crippen LogP contribution in [0.2, 0.25) is 0 Å². The van der Waals surface area contributed by atoms with Crippen molar-refractivity contribution in [1.82, 2.24) is 15.2 Å². The Morgan fingerprint density at radius 1 is 1.56 bits per heavy atom. The van der Waals surface area contributed by atoms with Crippen molar-refractivity contribution in [2.75, 3.05) is 13.1 Å². The van der Waals surface area contributed by atoms with Crippen molar-refractivity contribution in [3.05, 3.63) is 16.6 Å². The summed E-state index contributed by atoms with van der Waals surface area (Å²) in [7, 11) is 0. The van der Waals surface area contributed by atoms with Crippen LogP contribution in [0, 0.1) is 5.92 Å². The van der Waals surface area contributed by atoms with E-state index in [1.807, 2.05) is 11.7 Å². The molecule has 1 aliphatic rings. The lowest BCUT2D eigenvalue weighted by Gasteiger charge is -2.45. The van der Waals surface area contributed by atoms with Crippen LogP contribution < -0.4 is 5.32 Å². The Labute approximate surface area is 115 Å². The standard InChI is InChI=1S/C14H25N3S/c1-11(2)5-12-6-16-14(3,4)9-17(12)8-13-7-15-10-18-13/h7,10-12,16H,5-6,8-9H2,1-4H3. The van der Waals surface area contributed by atoms with Gasteiger partial charge in [-0.1, -0.05) is 13.8 Å². The summed E-state index contributed by atoms with van der Waals surface area (Å²) in [6.45, 7) is 12.5. The smallest absolute Gasteiger partial charge is 0.0794 e. The molecule has 1 aliphatic heterocycles. The van der Waals surface area contributed by atoms with E-state index in [2.05, 4.69) is 42.9 Å². The Bertz CT molecular complexity index is 359. The Balaban J connectivity index is 2.04. The quantitative estimate of drug-likeness (QED) is 0.909. The van der Waals surface area contributed by atoms with Gasteiger partial charge in [-0.3, -0.25) is 9.88 Å². The molecule has 0 bridgehead atoms. The number of rotatable bonds is 4. The summed E-state index contributed by atoms with van der Waals surface area (Å²) in [5.41, 5.74) is 2.15. The lowest BCUT2D eigenvalue weighted by atomic mass is 9.94. The molecule has 0 aliphatic carbocycles. The summed E-state index contributed by atoms with van der Waals surface area (Å²) in [4.78, 5) is 8.19. The number of nitrogens with zero attached hydrogens (tertiary/aromatic N) is 2. The highest BCUT2D eigenvalue weighted by Gasteiger charge is 2.32. The largest absolute Gasteiger partial charge is 0.309 e. The van der Waals surface area contributed by atoms with Gasteiger partial charge < -0.3 is 5.32 Å². The first-order valence-corrected chi connectivity index (χ1v) is 7.71. The van der Waals surface area contributed by atoms with Gasteiger partial charge in [-0.15, -0.1) is 11.3 Å². The molecule has 2 heterocycles. The Hall–Kier alpha value is -0.450. The van der Waals surface area contributed by atoms with Gasteiger partial charge in [0.15, 0.2) is 0 Å². The first-order valence-electron chi connectivity index (χ1n) is 6.83. The Morgan fingerprint density at radius 2 is 2.33 bits per heavy atom. The van der Waals surface area contributed by atoms with E-state index in [-0.39, 0.29) is 5.54 Å². The predicted octanol–water partition coefficient (Wildman–Crippen LogP) is 2.74. The summed E-state index contributed by atoms with van der Waals surface area (Å²) in [6, 6.07) is 0.653.